The molecule has 0 bridgehead atoms. The van der Waals surface area contributed by atoms with E-state index in [1.54, 1.807) is 24.5 Å². The normalized spacial score (nSPS) is 18.8. The Morgan fingerprint density at radius 1 is 0.923 bits per heavy atom. The molecule has 0 unspecified atom stereocenters. The lowest BCUT2D eigenvalue weighted by atomic mass is 10.1. The van der Waals surface area contributed by atoms with E-state index in [1.807, 2.05) is 12.1 Å². The molecule has 2 heterocycles. The molecule has 1 N–H and O–H groups in total. The van der Waals surface area contributed by atoms with Crippen LogP contribution in [0.4, 0.5) is 11.4 Å². The lowest BCUT2D eigenvalue weighted by Crippen LogP contribution is -2.49. The van der Waals surface area contributed by atoms with E-state index < -0.39 is 0 Å². The first-order chi connectivity index (χ1) is 12.8. The molecule has 1 aliphatic heterocycles. The maximum Gasteiger partial charge on any atom is 0.255 e. The van der Waals surface area contributed by atoms with E-state index >= 15 is 0 Å². The fourth-order valence-corrected chi connectivity index (χ4v) is 4.08. The Morgan fingerprint density at radius 3 is 2.23 bits per heavy atom. The van der Waals surface area contributed by atoms with Gasteiger partial charge in [0.05, 0.1) is 0 Å². The van der Waals surface area contributed by atoms with Crippen molar-refractivity contribution in [3.63, 3.8) is 0 Å². The van der Waals surface area contributed by atoms with Crippen LogP contribution in [0.1, 0.15) is 36.0 Å². The molecule has 4 rings (SSSR count). The average Bonchev–Trinajstić information content (AvgIpc) is 3.24. The summed E-state index contributed by atoms with van der Waals surface area (Å²) in [5.74, 6) is -0.106. The summed E-state index contributed by atoms with van der Waals surface area (Å²) in [6.45, 7) is 4.48. The molecule has 1 aromatic heterocycles. The maximum absolute atomic E-state index is 12.2. The number of nitrogens with one attached hydrogen (secondary N) is 1. The summed E-state index contributed by atoms with van der Waals surface area (Å²) in [5, 5.41) is 2.94. The van der Waals surface area contributed by atoms with Crippen molar-refractivity contribution in [3.8, 4) is 0 Å². The number of anilines is 2. The number of rotatable bonds is 4. The molecule has 1 amide bonds. The topological polar surface area (TPSA) is 48.5 Å². The molecule has 2 fully saturated rings. The number of carbonyl (C=O) groups is 1. The summed E-state index contributed by atoms with van der Waals surface area (Å²) in [5.41, 5.74) is 2.67. The van der Waals surface area contributed by atoms with E-state index in [0.717, 1.165) is 37.9 Å². The number of pyridine rings is 1. The Kier molecular flexibility index (Phi) is 5.16. The van der Waals surface area contributed by atoms with Crippen LogP contribution in [0.25, 0.3) is 0 Å². The second kappa shape index (κ2) is 7.87. The number of benzene rings is 1. The minimum Gasteiger partial charge on any atom is -0.369 e. The van der Waals surface area contributed by atoms with Crippen molar-refractivity contribution in [2.45, 2.75) is 31.7 Å². The van der Waals surface area contributed by atoms with E-state index in [9.17, 15) is 4.79 Å². The van der Waals surface area contributed by atoms with Crippen LogP contribution in [0.5, 0.6) is 0 Å². The number of hydrogen-bond donors (Lipinski definition) is 1. The summed E-state index contributed by atoms with van der Waals surface area (Å²) in [6, 6.07) is 12.4. The molecule has 0 atom stereocenters. The van der Waals surface area contributed by atoms with E-state index in [4.69, 9.17) is 0 Å². The Balaban J connectivity index is 1.32. The molecule has 1 saturated carbocycles. The second-order valence-electron chi connectivity index (χ2n) is 7.20. The van der Waals surface area contributed by atoms with Crippen molar-refractivity contribution in [1.82, 2.24) is 9.88 Å². The highest BCUT2D eigenvalue weighted by Gasteiger charge is 2.26. The smallest absolute Gasteiger partial charge is 0.255 e. The highest BCUT2D eigenvalue weighted by molar-refractivity contribution is 6.04. The molecule has 0 spiro atoms. The Morgan fingerprint density at radius 2 is 1.58 bits per heavy atom. The van der Waals surface area contributed by atoms with Crippen LogP contribution in [0.15, 0.2) is 48.8 Å². The zero-order valence-electron chi connectivity index (χ0n) is 15.1. The van der Waals surface area contributed by atoms with Crippen LogP contribution >= 0.6 is 0 Å². The fourth-order valence-electron chi connectivity index (χ4n) is 4.08. The van der Waals surface area contributed by atoms with Crippen LogP contribution in [0.3, 0.4) is 0 Å². The Labute approximate surface area is 155 Å². The fraction of sp³-hybridized carbons (Fsp3) is 0.429. The molecule has 2 aliphatic rings. The van der Waals surface area contributed by atoms with Gasteiger partial charge in [-0.3, -0.25) is 14.7 Å². The summed E-state index contributed by atoms with van der Waals surface area (Å²) in [7, 11) is 0. The standard InChI is InChI=1S/C21H26N4O/c26-21(17-9-11-22-12-10-17)23-18-5-7-20(8-6-18)25-15-13-24(14-16-25)19-3-1-2-4-19/h5-12,19H,1-4,13-16H2,(H,23,26). The van der Waals surface area contributed by atoms with Crippen molar-refractivity contribution >= 4 is 17.3 Å². The summed E-state index contributed by atoms with van der Waals surface area (Å²) in [4.78, 5) is 21.3. The molecule has 26 heavy (non-hydrogen) atoms. The molecule has 1 saturated heterocycles. The highest BCUT2D eigenvalue weighted by atomic mass is 16.1. The van der Waals surface area contributed by atoms with Crippen LogP contribution in [0.2, 0.25) is 0 Å². The SMILES string of the molecule is O=C(Nc1ccc(N2CCN(C3CCCC3)CC2)cc1)c1ccncc1. The third kappa shape index (κ3) is 3.88. The quantitative estimate of drug-likeness (QED) is 0.918. The van der Waals surface area contributed by atoms with Gasteiger partial charge in [0.25, 0.3) is 5.91 Å². The van der Waals surface area contributed by atoms with Gasteiger partial charge in [0.2, 0.25) is 0 Å². The summed E-state index contributed by atoms with van der Waals surface area (Å²) in [6.07, 6.45) is 8.82. The largest absolute Gasteiger partial charge is 0.369 e. The van der Waals surface area contributed by atoms with Gasteiger partial charge in [0, 0.05) is 61.6 Å². The highest BCUT2D eigenvalue weighted by Crippen LogP contribution is 2.26. The van der Waals surface area contributed by atoms with Gasteiger partial charge in [-0.1, -0.05) is 12.8 Å². The van der Waals surface area contributed by atoms with Gasteiger partial charge < -0.3 is 10.2 Å². The summed E-state index contributed by atoms with van der Waals surface area (Å²) >= 11 is 0. The molecule has 2 aromatic rings. The Hall–Kier alpha value is -2.40. The molecule has 136 valence electrons. The van der Waals surface area contributed by atoms with Gasteiger partial charge in [-0.05, 0) is 49.2 Å². The van der Waals surface area contributed by atoms with Crippen LogP contribution in [-0.4, -0.2) is 48.0 Å². The molecule has 0 radical (unpaired) electrons. The van der Waals surface area contributed by atoms with Crippen LogP contribution < -0.4 is 10.2 Å². The number of carbonyl (C=O) groups excluding carboxylic acids is 1. The molecule has 1 aliphatic carbocycles. The van der Waals surface area contributed by atoms with E-state index in [2.05, 4.69) is 32.2 Å². The van der Waals surface area contributed by atoms with Gasteiger partial charge >= 0.3 is 0 Å². The van der Waals surface area contributed by atoms with E-state index in [-0.39, 0.29) is 5.91 Å². The van der Waals surface area contributed by atoms with Crippen molar-refractivity contribution in [2.75, 3.05) is 36.4 Å². The number of hydrogen-bond acceptors (Lipinski definition) is 4. The third-order valence-electron chi connectivity index (χ3n) is 5.59. The zero-order valence-corrected chi connectivity index (χ0v) is 15.1. The Bertz CT molecular complexity index is 717. The number of amides is 1. The van der Waals surface area contributed by atoms with Crippen molar-refractivity contribution in [1.29, 1.82) is 0 Å². The van der Waals surface area contributed by atoms with Gasteiger partial charge in [-0.2, -0.15) is 0 Å². The predicted molar refractivity (Wildman–Crippen MR) is 105 cm³/mol. The van der Waals surface area contributed by atoms with Gasteiger partial charge in [-0.15, -0.1) is 0 Å². The molecular weight excluding hydrogens is 324 g/mol. The maximum atomic E-state index is 12.2. The minimum atomic E-state index is -0.106. The number of piperazine rings is 1. The van der Waals surface area contributed by atoms with Crippen LogP contribution in [-0.2, 0) is 0 Å². The summed E-state index contributed by atoms with van der Waals surface area (Å²) < 4.78 is 0. The number of nitrogens with zero attached hydrogens (tertiary/aromatic N) is 3. The average molecular weight is 350 g/mol. The first kappa shape index (κ1) is 17.0. The van der Waals surface area contributed by atoms with Gasteiger partial charge in [-0.25, -0.2) is 0 Å². The lowest BCUT2D eigenvalue weighted by molar-refractivity contribution is 0.102. The van der Waals surface area contributed by atoms with E-state index in [0.29, 0.717) is 5.56 Å². The molecule has 5 heteroatoms. The molecule has 5 nitrogen and oxygen atoms in total. The van der Waals surface area contributed by atoms with Crippen molar-refractivity contribution < 1.29 is 4.79 Å². The molecular formula is C21H26N4O. The van der Waals surface area contributed by atoms with Crippen molar-refractivity contribution in [3.05, 3.63) is 54.4 Å². The zero-order chi connectivity index (χ0) is 17.8. The van der Waals surface area contributed by atoms with E-state index in [1.165, 1.54) is 31.4 Å². The monoisotopic (exact) mass is 350 g/mol. The van der Waals surface area contributed by atoms with Gasteiger partial charge in [0.1, 0.15) is 0 Å². The van der Waals surface area contributed by atoms with Crippen molar-refractivity contribution in [2.24, 2.45) is 0 Å². The number of aromatic nitrogens is 1. The minimum absolute atomic E-state index is 0.106. The van der Waals surface area contributed by atoms with Crippen LogP contribution in [0, 0.1) is 0 Å². The molecule has 1 aromatic carbocycles. The predicted octanol–water partition coefficient (Wildman–Crippen LogP) is 3.40. The first-order valence-electron chi connectivity index (χ1n) is 9.60. The first-order valence-corrected chi connectivity index (χ1v) is 9.60. The third-order valence-corrected chi connectivity index (χ3v) is 5.59. The van der Waals surface area contributed by atoms with Gasteiger partial charge in [0.15, 0.2) is 0 Å². The second-order valence-corrected chi connectivity index (χ2v) is 7.20. The lowest BCUT2D eigenvalue weighted by Gasteiger charge is -2.39.